The molecule has 2 rings (SSSR count). The zero-order valence-corrected chi connectivity index (χ0v) is 12.1. The van der Waals surface area contributed by atoms with E-state index < -0.39 is 36.8 Å². The smallest absolute Gasteiger partial charge is 0.229 e. The second-order valence-electron chi connectivity index (χ2n) is 4.96. The summed E-state index contributed by atoms with van der Waals surface area (Å²) < 4.78 is 15.8. The predicted octanol–water partition coefficient (Wildman–Crippen LogP) is -0.572. The lowest BCUT2D eigenvalue weighted by atomic mass is 9.95. The van der Waals surface area contributed by atoms with E-state index in [9.17, 15) is 20.4 Å². The van der Waals surface area contributed by atoms with Crippen LogP contribution in [0.1, 0.15) is 0 Å². The molecule has 0 bridgehead atoms. The number of aliphatic hydroxyl groups excluding tert-OH is 4. The largest absolute Gasteiger partial charge is 0.497 e. The molecule has 0 radical (unpaired) electrons. The van der Waals surface area contributed by atoms with Crippen LogP contribution in [0.25, 0.3) is 0 Å². The van der Waals surface area contributed by atoms with Crippen LogP contribution in [0.5, 0.6) is 11.5 Å². The van der Waals surface area contributed by atoms with Crippen molar-refractivity contribution in [3.63, 3.8) is 0 Å². The van der Waals surface area contributed by atoms with Crippen LogP contribution in [0.2, 0.25) is 0 Å². The highest BCUT2D eigenvalue weighted by molar-refractivity contribution is 5.31. The van der Waals surface area contributed by atoms with Crippen LogP contribution in [0.3, 0.4) is 0 Å². The van der Waals surface area contributed by atoms with Gasteiger partial charge in [-0.15, -0.1) is 6.58 Å². The van der Waals surface area contributed by atoms with Gasteiger partial charge in [-0.3, -0.25) is 0 Å². The van der Waals surface area contributed by atoms with Gasteiger partial charge in [0.15, 0.2) is 0 Å². The van der Waals surface area contributed by atoms with Crippen molar-refractivity contribution in [2.75, 3.05) is 7.11 Å². The minimum atomic E-state index is -1.52. The van der Waals surface area contributed by atoms with Crippen LogP contribution in [0.4, 0.5) is 0 Å². The lowest BCUT2D eigenvalue weighted by Crippen LogP contribution is -2.61. The van der Waals surface area contributed by atoms with Gasteiger partial charge < -0.3 is 34.6 Å². The van der Waals surface area contributed by atoms with Crippen molar-refractivity contribution >= 4 is 0 Å². The standard InChI is InChI=1S/C15H20O7/c1-3-10(16)14-12(18)11(17)13(19)15(22-14)21-9-6-4-8(20-2)5-7-9/h3-7,10-19H,1H2,2H3/t10-,11+,12+,13+,14-,15+/m1/s1. The molecule has 0 amide bonds. The third-order valence-electron chi connectivity index (χ3n) is 3.50. The molecule has 122 valence electrons. The summed E-state index contributed by atoms with van der Waals surface area (Å²) in [5.74, 6) is 1.01. The summed E-state index contributed by atoms with van der Waals surface area (Å²) in [6.45, 7) is 3.40. The Kier molecular flexibility index (Phi) is 5.38. The van der Waals surface area contributed by atoms with Gasteiger partial charge in [-0.05, 0) is 24.3 Å². The Morgan fingerprint density at radius 1 is 1.09 bits per heavy atom. The Hall–Kier alpha value is -1.64. The average Bonchev–Trinajstić information content (AvgIpc) is 2.55. The number of hydrogen-bond acceptors (Lipinski definition) is 7. The lowest BCUT2D eigenvalue weighted by Gasteiger charge is -2.41. The third kappa shape index (κ3) is 3.40. The number of aliphatic hydroxyl groups is 4. The van der Waals surface area contributed by atoms with E-state index in [0.29, 0.717) is 11.5 Å². The SMILES string of the molecule is C=C[C@@H](O)[C@H]1O[C@H](Oc2ccc(OC)cc2)[C@@H](O)[C@@H](O)[C@@H]1O. The molecule has 6 atom stereocenters. The molecule has 1 heterocycles. The van der Waals surface area contributed by atoms with E-state index in [0.717, 1.165) is 0 Å². The first-order valence-electron chi connectivity index (χ1n) is 6.79. The first-order valence-corrected chi connectivity index (χ1v) is 6.79. The molecule has 1 aromatic carbocycles. The summed E-state index contributed by atoms with van der Waals surface area (Å²) in [6.07, 6.45) is -6.88. The summed E-state index contributed by atoms with van der Waals surface area (Å²) in [4.78, 5) is 0. The predicted molar refractivity (Wildman–Crippen MR) is 76.5 cm³/mol. The molecular formula is C15H20O7. The quantitative estimate of drug-likeness (QED) is 0.539. The Labute approximate surface area is 128 Å². The number of ether oxygens (including phenoxy) is 3. The van der Waals surface area contributed by atoms with Crippen molar-refractivity contribution in [1.82, 2.24) is 0 Å². The Balaban J connectivity index is 2.12. The molecule has 1 aliphatic heterocycles. The lowest BCUT2D eigenvalue weighted by molar-refractivity contribution is -0.284. The Morgan fingerprint density at radius 2 is 1.68 bits per heavy atom. The van der Waals surface area contributed by atoms with Gasteiger partial charge in [0.05, 0.1) is 7.11 Å². The number of methoxy groups -OCH3 is 1. The molecule has 1 aromatic rings. The molecule has 0 aromatic heterocycles. The molecule has 0 aliphatic carbocycles. The molecule has 7 heteroatoms. The Morgan fingerprint density at radius 3 is 2.23 bits per heavy atom. The monoisotopic (exact) mass is 312 g/mol. The molecule has 1 fully saturated rings. The molecule has 0 saturated carbocycles. The highest BCUT2D eigenvalue weighted by Gasteiger charge is 2.46. The fourth-order valence-corrected chi connectivity index (χ4v) is 2.18. The van der Waals surface area contributed by atoms with E-state index >= 15 is 0 Å². The number of rotatable bonds is 5. The summed E-state index contributed by atoms with van der Waals surface area (Å²) in [5.41, 5.74) is 0. The third-order valence-corrected chi connectivity index (χ3v) is 3.50. The summed E-state index contributed by atoms with van der Waals surface area (Å²) in [6, 6.07) is 6.52. The molecule has 0 spiro atoms. The molecular weight excluding hydrogens is 292 g/mol. The second-order valence-corrected chi connectivity index (χ2v) is 4.96. The van der Waals surface area contributed by atoms with Crippen LogP contribution in [-0.4, -0.2) is 64.3 Å². The molecule has 7 nitrogen and oxygen atoms in total. The van der Waals surface area contributed by atoms with Crippen molar-refractivity contribution in [2.24, 2.45) is 0 Å². The van der Waals surface area contributed by atoms with Crippen molar-refractivity contribution in [1.29, 1.82) is 0 Å². The molecule has 1 saturated heterocycles. The maximum Gasteiger partial charge on any atom is 0.229 e. The number of benzene rings is 1. The fourth-order valence-electron chi connectivity index (χ4n) is 2.18. The van der Waals surface area contributed by atoms with Crippen molar-refractivity contribution in [3.05, 3.63) is 36.9 Å². The minimum absolute atomic E-state index is 0.375. The van der Waals surface area contributed by atoms with Crippen LogP contribution in [-0.2, 0) is 4.74 Å². The highest BCUT2D eigenvalue weighted by atomic mass is 16.7. The zero-order chi connectivity index (χ0) is 16.3. The van der Waals surface area contributed by atoms with Gasteiger partial charge in [0.25, 0.3) is 0 Å². The highest BCUT2D eigenvalue weighted by Crippen LogP contribution is 2.27. The molecule has 22 heavy (non-hydrogen) atoms. The van der Waals surface area contributed by atoms with Gasteiger partial charge in [-0.1, -0.05) is 6.08 Å². The second kappa shape index (κ2) is 7.08. The van der Waals surface area contributed by atoms with Gasteiger partial charge in [0, 0.05) is 0 Å². The molecule has 4 N–H and O–H groups in total. The zero-order valence-electron chi connectivity index (χ0n) is 12.1. The van der Waals surface area contributed by atoms with E-state index in [2.05, 4.69) is 6.58 Å². The van der Waals surface area contributed by atoms with Crippen molar-refractivity contribution < 1.29 is 34.6 Å². The summed E-state index contributed by atoms with van der Waals surface area (Å²) in [5, 5.41) is 39.4. The topological polar surface area (TPSA) is 109 Å². The average molecular weight is 312 g/mol. The van der Waals surface area contributed by atoms with Gasteiger partial charge in [-0.25, -0.2) is 0 Å². The minimum Gasteiger partial charge on any atom is -0.497 e. The van der Waals surface area contributed by atoms with Crippen molar-refractivity contribution in [2.45, 2.75) is 36.8 Å². The number of hydrogen-bond donors (Lipinski definition) is 4. The first-order chi connectivity index (χ1) is 10.5. The summed E-state index contributed by atoms with van der Waals surface area (Å²) >= 11 is 0. The van der Waals surface area contributed by atoms with E-state index in [1.807, 2.05) is 0 Å². The molecule has 0 unspecified atom stereocenters. The van der Waals surface area contributed by atoms with Crippen LogP contribution >= 0.6 is 0 Å². The van der Waals surface area contributed by atoms with E-state index in [1.165, 1.54) is 13.2 Å². The van der Waals surface area contributed by atoms with Gasteiger partial charge in [-0.2, -0.15) is 0 Å². The van der Waals surface area contributed by atoms with Crippen LogP contribution in [0, 0.1) is 0 Å². The van der Waals surface area contributed by atoms with E-state index in [4.69, 9.17) is 14.2 Å². The van der Waals surface area contributed by atoms with Crippen LogP contribution < -0.4 is 9.47 Å². The van der Waals surface area contributed by atoms with Crippen LogP contribution in [0.15, 0.2) is 36.9 Å². The van der Waals surface area contributed by atoms with Gasteiger partial charge in [0.1, 0.15) is 42.0 Å². The van der Waals surface area contributed by atoms with Crippen molar-refractivity contribution in [3.8, 4) is 11.5 Å². The fraction of sp³-hybridized carbons (Fsp3) is 0.467. The van der Waals surface area contributed by atoms with E-state index in [-0.39, 0.29) is 0 Å². The maximum atomic E-state index is 9.95. The molecule has 1 aliphatic rings. The van der Waals surface area contributed by atoms with Gasteiger partial charge >= 0.3 is 0 Å². The first kappa shape index (κ1) is 16.7. The normalized spacial score (nSPS) is 33.0. The van der Waals surface area contributed by atoms with E-state index in [1.54, 1.807) is 24.3 Å². The Bertz CT molecular complexity index is 489. The maximum absolute atomic E-state index is 9.95. The van der Waals surface area contributed by atoms with Gasteiger partial charge in [0.2, 0.25) is 6.29 Å². The summed E-state index contributed by atoms with van der Waals surface area (Å²) in [7, 11) is 1.53.